The number of methoxy groups -OCH3 is 1. The van der Waals surface area contributed by atoms with Gasteiger partial charge in [0, 0.05) is 7.11 Å². The van der Waals surface area contributed by atoms with Gasteiger partial charge >= 0.3 is 0 Å². The van der Waals surface area contributed by atoms with Crippen molar-refractivity contribution in [2.24, 2.45) is 0 Å². The van der Waals surface area contributed by atoms with Crippen molar-refractivity contribution in [1.82, 2.24) is 5.32 Å². The monoisotopic (exact) mass is 351 g/mol. The first-order chi connectivity index (χ1) is 11.3. The smallest absolute Gasteiger partial charge is 0.186 e. The van der Waals surface area contributed by atoms with Crippen LogP contribution >= 0.6 is 0 Å². The van der Waals surface area contributed by atoms with Crippen LogP contribution in [-0.2, 0) is 9.47 Å². The van der Waals surface area contributed by atoms with Gasteiger partial charge in [0.1, 0.15) is 36.6 Å². The molecule has 2 aliphatic rings. The Balaban J connectivity index is 2.19. The molecule has 0 aromatic heterocycles. The Kier molecular flexibility index (Phi) is 6.67. The molecule has 24 heavy (non-hydrogen) atoms. The molecule has 10 heteroatoms. The van der Waals surface area contributed by atoms with Gasteiger partial charge in [-0.2, -0.15) is 0 Å². The van der Waals surface area contributed by atoms with Crippen LogP contribution in [0.25, 0.3) is 0 Å². The third-order valence-corrected chi connectivity index (χ3v) is 4.50. The minimum absolute atomic E-state index is 0.104. The first-order valence-corrected chi connectivity index (χ1v) is 7.62. The molecule has 0 amide bonds. The largest absolute Gasteiger partial charge is 0.394 e. The summed E-state index contributed by atoms with van der Waals surface area (Å²) in [5.74, 6) is 0. The Hall–Kier alpha value is -0.660. The maximum atomic E-state index is 10.3. The molecule has 1 saturated heterocycles. The van der Waals surface area contributed by atoms with Crippen molar-refractivity contribution in [3.8, 4) is 0 Å². The fourth-order valence-corrected chi connectivity index (χ4v) is 3.05. The first kappa shape index (κ1) is 19.7. The topological polar surface area (TPSA) is 172 Å². The number of ether oxygens (including phenoxy) is 2. The van der Waals surface area contributed by atoms with Crippen molar-refractivity contribution < 1.29 is 45.2 Å². The van der Waals surface area contributed by atoms with E-state index in [9.17, 15) is 35.7 Å². The Morgan fingerprint density at radius 3 is 2.25 bits per heavy atom. The molecular weight excluding hydrogens is 326 g/mol. The molecule has 10 nitrogen and oxygen atoms in total. The Morgan fingerprint density at radius 1 is 1.04 bits per heavy atom. The lowest BCUT2D eigenvalue weighted by atomic mass is 9.86. The SMILES string of the molecule is CO[C@H]1O[C@H](CO)[C@@H](N[C@H]2C=C(CO)[C@@H](O)[C@H](O)[C@H]2O)[C@H](O)[C@H]1O. The summed E-state index contributed by atoms with van der Waals surface area (Å²) < 4.78 is 10.2. The lowest BCUT2D eigenvalue weighted by molar-refractivity contribution is -0.273. The quantitative estimate of drug-likeness (QED) is 0.225. The van der Waals surface area contributed by atoms with Gasteiger partial charge in [-0.05, 0) is 5.57 Å². The van der Waals surface area contributed by atoms with E-state index in [0.717, 1.165) is 0 Å². The summed E-state index contributed by atoms with van der Waals surface area (Å²) in [4.78, 5) is 0. The molecule has 1 fully saturated rings. The Morgan fingerprint density at radius 2 is 1.71 bits per heavy atom. The van der Waals surface area contributed by atoms with Crippen LogP contribution in [0.5, 0.6) is 0 Å². The van der Waals surface area contributed by atoms with Crippen molar-refractivity contribution in [2.75, 3.05) is 20.3 Å². The molecule has 0 aromatic carbocycles. The number of hydrogen-bond acceptors (Lipinski definition) is 10. The maximum Gasteiger partial charge on any atom is 0.186 e. The van der Waals surface area contributed by atoms with E-state index >= 15 is 0 Å². The molecule has 140 valence electrons. The molecular formula is C14H25NO9. The summed E-state index contributed by atoms with van der Waals surface area (Å²) in [6, 6.07) is -1.94. The first-order valence-electron chi connectivity index (χ1n) is 7.62. The van der Waals surface area contributed by atoms with E-state index in [2.05, 4.69) is 5.32 Å². The Bertz CT molecular complexity index is 446. The number of rotatable bonds is 5. The summed E-state index contributed by atoms with van der Waals surface area (Å²) in [7, 11) is 1.28. The molecule has 0 bridgehead atoms. The van der Waals surface area contributed by atoms with Gasteiger partial charge in [0.2, 0.25) is 0 Å². The zero-order valence-electron chi connectivity index (χ0n) is 13.1. The zero-order chi connectivity index (χ0) is 18.0. The molecule has 0 aromatic rings. The third-order valence-electron chi connectivity index (χ3n) is 4.50. The van der Waals surface area contributed by atoms with Gasteiger partial charge in [-0.25, -0.2) is 0 Å². The van der Waals surface area contributed by atoms with E-state index in [1.165, 1.54) is 13.2 Å². The summed E-state index contributed by atoms with van der Waals surface area (Å²) in [5, 5.41) is 71.4. The van der Waals surface area contributed by atoms with Crippen LogP contribution in [0, 0.1) is 0 Å². The van der Waals surface area contributed by atoms with E-state index in [1.54, 1.807) is 0 Å². The van der Waals surface area contributed by atoms with Crippen molar-refractivity contribution in [2.45, 2.75) is 55.0 Å². The minimum atomic E-state index is -1.54. The van der Waals surface area contributed by atoms with Crippen LogP contribution in [-0.4, -0.2) is 111 Å². The average Bonchev–Trinajstić information content (AvgIpc) is 2.59. The van der Waals surface area contributed by atoms with Crippen LogP contribution in [0.1, 0.15) is 0 Å². The highest BCUT2D eigenvalue weighted by Crippen LogP contribution is 2.25. The highest BCUT2D eigenvalue weighted by molar-refractivity contribution is 5.22. The lowest BCUT2D eigenvalue weighted by Crippen LogP contribution is -2.67. The average molecular weight is 351 g/mol. The van der Waals surface area contributed by atoms with Gasteiger partial charge in [0.05, 0.1) is 25.3 Å². The van der Waals surface area contributed by atoms with Gasteiger partial charge < -0.3 is 50.5 Å². The highest BCUT2D eigenvalue weighted by atomic mass is 16.7. The normalized spacial score (nSPS) is 46.7. The van der Waals surface area contributed by atoms with Crippen molar-refractivity contribution >= 4 is 0 Å². The molecule has 1 aliphatic carbocycles. The second-order valence-electron chi connectivity index (χ2n) is 5.99. The summed E-state index contributed by atoms with van der Waals surface area (Å²) >= 11 is 0. The van der Waals surface area contributed by atoms with Crippen LogP contribution < -0.4 is 5.32 Å². The van der Waals surface area contributed by atoms with Gasteiger partial charge in [-0.15, -0.1) is 0 Å². The molecule has 0 unspecified atom stereocenters. The van der Waals surface area contributed by atoms with E-state index < -0.39 is 68.2 Å². The molecule has 1 heterocycles. The summed E-state index contributed by atoms with van der Waals surface area (Å²) in [5.41, 5.74) is 0.104. The second-order valence-corrected chi connectivity index (χ2v) is 5.99. The molecule has 0 spiro atoms. The predicted molar refractivity (Wildman–Crippen MR) is 78.7 cm³/mol. The third kappa shape index (κ3) is 3.63. The number of hydrogen-bond donors (Lipinski definition) is 8. The van der Waals surface area contributed by atoms with E-state index in [4.69, 9.17) is 9.47 Å². The molecule has 2 rings (SSSR count). The molecule has 8 N–H and O–H groups in total. The van der Waals surface area contributed by atoms with Crippen LogP contribution in [0.3, 0.4) is 0 Å². The number of nitrogens with one attached hydrogen (secondary N) is 1. The fourth-order valence-electron chi connectivity index (χ4n) is 3.05. The number of aliphatic hydroxyl groups excluding tert-OH is 7. The molecule has 1 aliphatic heterocycles. The van der Waals surface area contributed by atoms with Crippen LogP contribution in [0.2, 0.25) is 0 Å². The highest BCUT2D eigenvalue weighted by Gasteiger charge is 2.47. The van der Waals surface area contributed by atoms with E-state index in [1.807, 2.05) is 0 Å². The van der Waals surface area contributed by atoms with Gasteiger partial charge in [-0.1, -0.05) is 6.08 Å². The number of aliphatic hydroxyl groups is 7. The van der Waals surface area contributed by atoms with Gasteiger partial charge in [0.25, 0.3) is 0 Å². The lowest BCUT2D eigenvalue weighted by Gasteiger charge is -2.44. The standard InChI is InChI=1S/C14H25NO9/c1-23-14-13(22)11(20)8(7(4-17)24-14)15-6-2-5(3-16)9(18)12(21)10(6)19/h2,6-22H,3-4H2,1H3/t6-,7+,8+,9+,10-,11-,12-,13+,14-/m0/s1. The van der Waals surface area contributed by atoms with Crippen LogP contribution in [0.4, 0.5) is 0 Å². The molecule has 0 saturated carbocycles. The summed E-state index contributed by atoms with van der Waals surface area (Å²) in [6.07, 6.45) is -7.90. The molecule has 0 radical (unpaired) electrons. The van der Waals surface area contributed by atoms with E-state index in [0.29, 0.717) is 0 Å². The van der Waals surface area contributed by atoms with Gasteiger partial charge in [0.15, 0.2) is 6.29 Å². The van der Waals surface area contributed by atoms with Crippen LogP contribution in [0.15, 0.2) is 11.6 Å². The van der Waals surface area contributed by atoms with Crippen molar-refractivity contribution in [3.63, 3.8) is 0 Å². The zero-order valence-corrected chi connectivity index (χ0v) is 13.1. The maximum absolute atomic E-state index is 10.3. The second kappa shape index (κ2) is 8.15. The molecule has 9 atom stereocenters. The predicted octanol–water partition coefficient (Wildman–Crippen LogP) is -4.59. The van der Waals surface area contributed by atoms with E-state index in [-0.39, 0.29) is 5.57 Å². The fraction of sp³-hybridized carbons (Fsp3) is 0.857. The summed E-state index contributed by atoms with van der Waals surface area (Å²) in [6.45, 7) is -1.02. The van der Waals surface area contributed by atoms with Gasteiger partial charge in [-0.3, -0.25) is 0 Å². The Labute approximate surface area is 138 Å². The minimum Gasteiger partial charge on any atom is -0.394 e. The van der Waals surface area contributed by atoms with Crippen molar-refractivity contribution in [1.29, 1.82) is 0 Å². The van der Waals surface area contributed by atoms with Crippen molar-refractivity contribution in [3.05, 3.63) is 11.6 Å².